The topological polar surface area (TPSA) is 103 Å². The largest absolute Gasteiger partial charge is 0.493 e. The number of nitro groups is 1. The minimum absolute atomic E-state index is 0.161. The Bertz CT molecular complexity index is 1100. The van der Waals surface area contributed by atoms with Crippen molar-refractivity contribution in [3.8, 4) is 11.5 Å². The lowest BCUT2D eigenvalue weighted by atomic mass is 9.93. The molecule has 0 unspecified atom stereocenters. The van der Waals surface area contributed by atoms with E-state index in [-0.39, 0.29) is 35.8 Å². The van der Waals surface area contributed by atoms with Crippen LogP contribution in [-0.2, 0) is 16.1 Å². The first-order chi connectivity index (χ1) is 15.8. The zero-order valence-electron chi connectivity index (χ0n) is 18.8. The second kappa shape index (κ2) is 10.3. The van der Waals surface area contributed by atoms with Gasteiger partial charge in [0, 0.05) is 12.7 Å². The molecule has 0 aliphatic carbocycles. The smallest absolute Gasteiger partial charge is 0.338 e. The van der Waals surface area contributed by atoms with E-state index in [1.165, 1.54) is 19.2 Å². The molecule has 1 atom stereocenters. The third-order valence-electron chi connectivity index (χ3n) is 5.31. The molecule has 3 rings (SSSR count). The Morgan fingerprint density at radius 1 is 1.24 bits per heavy atom. The maximum absolute atomic E-state index is 12.8. The Hall–Kier alpha value is -3.66. The second-order valence-electron chi connectivity index (χ2n) is 7.25. The lowest BCUT2D eigenvalue weighted by Crippen LogP contribution is -2.46. The first-order valence-electron chi connectivity index (χ1n) is 10.2. The zero-order chi connectivity index (χ0) is 24.1. The van der Waals surface area contributed by atoms with Crippen LogP contribution in [0.4, 0.5) is 5.69 Å². The van der Waals surface area contributed by atoms with E-state index in [1.54, 1.807) is 25.8 Å². The number of allylic oxidation sites excluding steroid dienone is 1. The molecule has 0 amide bonds. The molecule has 1 heterocycles. The highest BCUT2D eigenvalue weighted by Gasteiger charge is 2.37. The zero-order valence-corrected chi connectivity index (χ0v) is 19.6. The van der Waals surface area contributed by atoms with Crippen molar-refractivity contribution in [2.24, 2.45) is 0 Å². The van der Waals surface area contributed by atoms with E-state index in [1.807, 2.05) is 30.3 Å². The van der Waals surface area contributed by atoms with Crippen LogP contribution in [0.15, 0.2) is 53.7 Å². The minimum Gasteiger partial charge on any atom is -0.493 e. The molecule has 0 aromatic heterocycles. The van der Waals surface area contributed by atoms with Crippen molar-refractivity contribution < 1.29 is 23.9 Å². The Morgan fingerprint density at radius 2 is 1.94 bits per heavy atom. The third kappa shape index (κ3) is 5.06. The predicted octanol–water partition coefficient (Wildman–Crippen LogP) is 3.88. The van der Waals surface area contributed by atoms with Gasteiger partial charge in [0.25, 0.3) is 5.69 Å². The van der Waals surface area contributed by atoms with E-state index in [0.29, 0.717) is 16.6 Å². The normalized spacial score (nSPS) is 15.7. The van der Waals surface area contributed by atoms with E-state index in [2.05, 4.69) is 5.32 Å². The molecule has 2 aromatic carbocycles. The SMILES string of the molecule is CCOC(=O)C1=C(C)N(C)C(=S)N[C@@H]1c1cc(OC)c(OCc2ccccc2)cc1[N+](=O)[O-]. The van der Waals surface area contributed by atoms with Crippen molar-refractivity contribution in [2.45, 2.75) is 26.5 Å². The quantitative estimate of drug-likeness (QED) is 0.266. The predicted molar refractivity (Wildman–Crippen MR) is 126 cm³/mol. The number of esters is 1. The van der Waals surface area contributed by atoms with Gasteiger partial charge in [-0.05, 0) is 37.7 Å². The number of thiocarbonyl (C=S) groups is 1. The number of carbonyl (C=O) groups is 1. The van der Waals surface area contributed by atoms with E-state index in [4.69, 9.17) is 26.4 Å². The van der Waals surface area contributed by atoms with Crippen molar-refractivity contribution in [1.82, 2.24) is 10.2 Å². The van der Waals surface area contributed by atoms with Crippen LogP contribution in [0.1, 0.15) is 31.0 Å². The van der Waals surface area contributed by atoms with Gasteiger partial charge in [0.1, 0.15) is 6.61 Å². The maximum atomic E-state index is 12.8. The molecule has 33 heavy (non-hydrogen) atoms. The number of nitrogens with one attached hydrogen (secondary N) is 1. The molecular weight excluding hydrogens is 446 g/mol. The summed E-state index contributed by atoms with van der Waals surface area (Å²) in [4.78, 5) is 25.9. The van der Waals surface area contributed by atoms with Gasteiger partial charge in [-0.15, -0.1) is 0 Å². The van der Waals surface area contributed by atoms with E-state index in [9.17, 15) is 14.9 Å². The summed E-state index contributed by atoms with van der Waals surface area (Å²) in [5.41, 5.74) is 1.65. The van der Waals surface area contributed by atoms with Crippen LogP contribution in [0.2, 0.25) is 0 Å². The van der Waals surface area contributed by atoms with Crippen molar-refractivity contribution in [2.75, 3.05) is 20.8 Å². The molecule has 1 aliphatic rings. The first-order valence-corrected chi connectivity index (χ1v) is 10.6. The Morgan fingerprint density at radius 3 is 2.55 bits per heavy atom. The van der Waals surface area contributed by atoms with Crippen LogP contribution in [0.5, 0.6) is 11.5 Å². The molecule has 0 bridgehead atoms. The summed E-state index contributed by atoms with van der Waals surface area (Å²) in [6, 6.07) is 11.3. The molecule has 0 saturated carbocycles. The van der Waals surface area contributed by atoms with Crippen LogP contribution in [0, 0.1) is 10.1 Å². The third-order valence-corrected chi connectivity index (χ3v) is 5.70. The maximum Gasteiger partial charge on any atom is 0.338 e. The number of ether oxygens (including phenoxy) is 3. The van der Waals surface area contributed by atoms with E-state index < -0.39 is 16.9 Å². The number of hydrogen-bond acceptors (Lipinski definition) is 7. The summed E-state index contributed by atoms with van der Waals surface area (Å²) in [5.74, 6) is -0.0794. The molecule has 9 nitrogen and oxygen atoms in total. The number of carbonyl (C=O) groups excluding carboxylic acids is 1. The van der Waals surface area contributed by atoms with Gasteiger partial charge in [0.2, 0.25) is 0 Å². The number of nitro benzene ring substituents is 1. The summed E-state index contributed by atoms with van der Waals surface area (Å²) < 4.78 is 16.5. The number of methoxy groups -OCH3 is 1. The molecule has 0 fully saturated rings. The number of hydrogen-bond donors (Lipinski definition) is 1. The fraction of sp³-hybridized carbons (Fsp3) is 0.304. The van der Waals surface area contributed by atoms with Gasteiger partial charge in [-0.1, -0.05) is 30.3 Å². The van der Waals surface area contributed by atoms with Crippen molar-refractivity contribution in [3.63, 3.8) is 0 Å². The van der Waals surface area contributed by atoms with Gasteiger partial charge in [-0.25, -0.2) is 4.79 Å². The number of benzene rings is 2. The monoisotopic (exact) mass is 471 g/mol. The summed E-state index contributed by atoms with van der Waals surface area (Å²) in [5, 5.41) is 15.4. The van der Waals surface area contributed by atoms with Crippen molar-refractivity contribution in [3.05, 3.63) is 75.0 Å². The average Bonchev–Trinajstić information content (AvgIpc) is 2.81. The van der Waals surface area contributed by atoms with Gasteiger partial charge >= 0.3 is 5.97 Å². The lowest BCUT2D eigenvalue weighted by molar-refractivity contribution is -0.385. The molecule has 0 saturated heterocycles. The Balaban J connectivity index is 2.09. The van der Waals surface area contributed by atoms with Gasteiger partial charge in [0.05, 0.1) is 41.9 Å². The molecule has 0 spiro atoms. The fourth-order valence-electron chi connectivity index (χ4n) is 3.50. The summed E-state index contributed by atoms with van der Waals surface area (Å²) in [6.07, 6.45) is 0. The minimum atomic E-state index is -0.898. The van der Waals surface area contributed by atoms with Gasteiger partial charge in [-0.2, -0.15) is 0 Å². The van der Waals surface area contributed by atoms with Crippen molar-refractivity contribution in [1.29, 1.82) is 0 Å². The van der Waals surface area contributed by atoms with Crippen LogP contribution < -0.4 is 14.8 Å². The second-order valence-corrected chi connectivity index (χ2v) is 7.64. The van der Waals surface area contributed by atoms with Crippen LogP contribution >= 0.6 is 12.2 Å². The molecule has 1 N–H and O–H groups in total. The summed E-state index contributed by atoms with van der Waals surface area (Å²) in [6.45, 7) is 3.77. The molecule has 0 radical (unpaired) electrons. The fourth-order valence-corrected chi connectivity index (χ4v) is 3.76. The highest BCUT2D eigenvalue weighted by atomic mass is 32.1. The highest BCUT2D eigenvalue weighted by Crippen LogP contribution is 2.42. The standard InChI is InChI=1S/C23H25N3O6S/c1-5-31-22(27)20-14(2)25(3)23(33)24-21(20)16-11-18(30-4)19(12-17(16)26(28)29)32-13-15-9-7-6-8-10-15/h6-12,21H,5,13H2,1-4H3,(H,24,33)/t21-/m1/s1. The van der Waals surface area contributed by atoms with E-state index >= 15 is 0 Å². The lowest BCUT2D eigenvalue weighted by Gasteiger charge is -2.35. The molecule has 2 aromatic rings. The molecule has 1 aliphatic heterocycles. The van der Waals surface area contributed by atoms with Crippen molar-refractivity contribution >= 4 is 29.0 Å². The van der Waals surface area contributed by atoms with Crippen LogP contribution in [0.25, 0.3) is 0 Å². The molecular formula is C23H25N3O6S. The Kier molecular flexibility index (Phi) is 7.49. The van der Waals surface area contributed by atoms with Crippen LogP contribution in [-0.4, -0.2) is 41.7 Å². The van der Waals surface area contributed by atoms with Gasteiger partial charge in [-0.3, -0.25) is 10.1 Å². The average molecular weight is 472 g/mol. The van der Waals surface area contributed by atoms with Gasteiger partial charge < -0.3 is 24.4 Å². The van der Waals surface area contributed by atoms with E-state index in [0.717, 1.165) is 5.56 Å². The number of nitrogens with zero attached hydrogens (tertiary/aromatic N) is 2. The molecule has 10 heteroatoms. The Labute approximate surface area is 197 Å². The first kappa shape index (κ1) is 24.0. The van der Waals surface area contributed by atoms with Gasteiger partial charge in [0.15, 0.2) is 16.6 Å². The number of rotatable bonds is 8. The highest BCUT2D eigenvalue weighted by molar-refractivity contribution is 7.80. The summed E-state index contributed by atoms with van der Waals surface area (Å²) in [7, 11) is 3.15. The van der Waals surface area contributed by atoms with Crippen LogP contribution in [0.3, 0.4) is 0 Å². The summed E-state index contributed by atoms with van der Waals surface area (Å²) >= 11 is 5.38. The molecule has 174 valence electrons.